The van der Waals surface area contributed by atoms with Crippen LogP contribution in [0.25, 0.3) is 22.1 Å². The molecule has 28 N–H and O–H groups in total. The van der Waals surface area contributed by atoms with Crippen molar-refractivity contribution in [2.45, 2.75) is 13.3 Å². The Morgan fingerprint density at radius 1 is 0.509 bits per heavy atom. The average Bonchev–Trinajstić information content (AvgIpc) is 3.68. The molecule has 318 valence electrons. The van der Waals surface area contributed by atoms with Crippen LogP contribution in [0.5, 0.6) is 0 Å². The van der Waals surface area contributed by atoms with Crippen LogP contribution >= 0.6 is 0 Å². The van der Waals surface area contributed by atoms with Gasteiger partial charge in [-0.1, -0.05) is 34.7 Å². The predicted molar refractivity (Wildman–Crippen MR) is 174 cm³/mol. The van der Waals surface area contributed by atoms with Gasteiger partial charge in [0.2, 0.25) is 0 Å². The summed E-state index contributed by atoms with van der Waals surface area (Å²) in [6, 6.07) is 15.6. The van der Waals surface area contributed by atoms with Gasteiger partial charge in [0.25, 0.3) is 0 Å². The molecule has 0 aliphatic carbocycles. The van der Waals surface area contributed by atoms with Gasteiger partial charge >= 0.3 is 34.1 Å². The number of fused-ring (bicyclic) bond motifs is 2. The van der Waals surface area contributed by atoms with Crippen LogP contribution in [-0.4, -0.2) is 122 Å². The van der Waals surface area contributed by atoms with Crippen molar-refractivity contribution in [2.75, 3.05) is 0 Å². The van der Waals surface area contributed by atoms with Crippen molar-refractivity contribution in [3.05, 3.63) is 73.8 Å². The van der Waals surface area contributed by atoms with Gasteiger partial charge in [-0.05, 0) is 24.3 Å². The van der Waals surface area contributed by atoms with E-state index in [1.54, 1.807) is 31.4 Å². The molecule has 0 amide bonds. The zero-order chi connectivity index (χ0) is 29.2. The smallest absolute Gasteiger partial charge is 0.759 e. The molecule has 0 saturated carbocycles. The molecular formula is C18H44Cu2N12O19S2+6. The molecule has 0 atom stereocenters. The zero-order valence-corrected chi connectivity index (χ0v) is 29.9. The van der Waals surface area contributed by atoms with Crippen molar-refractivity contribution in [3.63, 3.8) is 0 Å². The van der Waals surface area contributed by atoms with E-state index in [4.69, 9.17) is 35.0 Å². The summed E-state index contributed by atoms with van der Waals surface area (Å²) >= 11 is 0. The molecule has 0 bridgehead atoms. The Bertz CT molecular complexity index is 1720. The molecule has 0 aliphatic heterocycles. The second kappa shape index (κ2) is 36.2. The number of para-hydroxylation sites is 2. The first kappa shape index (κ1) is 78.1. The molecule has 0 saturated heterocycles. The predicted octanol–water partition coefficient (Wildman–Crippen LogP) is -11.3. The maximum absolute atomic E-state index is 8.52. The largest absolute Gasteiger partial charge is 2.00 e. The summed E-state index contributed by atoms with van der Waals surface area (Å²) in [7, 11) is -10.3. The first-order valence-electron chi connectivity index (χ1n) is 10.4. The molecule has 31 nitrogen and oxygen atoms in total. The van der Waals surface area contributed by atoms with E-state index in [0.29, 0.717) is 13.3 Å². The third-order valence-corrected chi connectivity index (χ3v) is 4.33. The summed E-state index contributed by atoms with van der Waals surface area (Å²) in [5, 5.41) is 24.2. The van der Waals surface area contributed by atoms with Crippen molar-refractivity contribution < 1.29 is 129 Å². The van der Waals surface area contributed by atoms with Crippen LogP contribution in [0.4, 0.5) is 0 Å². The maximum Gasteiger partial charge on any atom is 2.00 e. The van der Waals surface area contributed by atoms with Crippen molar-refractivity contribution >= 4 is 42.9 Å². The minimum Gasteiger partial charge on any atom is -0.759 e. The van der Waals surface area contributed by atoms with E-state index in [1.807, 2.05) is 48.5 Å². The van der Waals surface area contributed by atoms with E-state index in [0.717, 1.165) is 22.1 Å². The van der Waals surface area contributed by atoms with Gasteiger partial charge in [0.05, 0.1) is 11.0 Å². The molecule has 6 aromatic rings. The van der Waals surface area contributed by atoms with Crippen LogP contribution in [-0.2, 0) is 101 Å². The standard InChI is InChI=1S/2C9H8N6.2Cu.2H2O4S.11H2O/c2*1-2-4-9-8(3-1)12-13-15(9)7-14-6-10-5-11-14;;;2*1-5(2,3)4;;;;;;;;;;;/h2*1-6H,7H2;;;2*(H2,1,2,3,4);11*1H2/q;;2*+2;;;;;;;;;;;;;/p+2. The molecule has 6 rings (SSSR count). The Morgan fingerprint density at radius 3 is 1.02 bits per heavy atom. The molecule has 4 heterocycles. The van der Waals surface area contributed by atoms with Gasteiger partial charge in [0, 0.05) is 20.8 Å². The van der Waals surface area contributed by atoms with Gasteiger partial charge < -0.3 is 78.4 Å². The molecule has 0 unspecified atom stereocenters. The number of aromatic nitrogens is 12. The van der Waals surface area contributed by atoms with Crippen molar-refractivity contribution in [3.8, 4) is 0 Å². The number of rotatable bonds is 4. The number of benzene rings is 2. The summed E-state index contributed by atoms with van der Waals surface area (Å²) in [6.45, 7) is 1.06. The molecule has 4 aromatic heterocycles. The number of hydrogen-bond donors (Lipinski definition) is 0. The maximum atomic E-state index is 8.52. The fourth-order valence-corrected chi connectivity index (χ4v) is 2.93. The molecule has 53 heavy (non-hydrogen) atoms. The van der Waals surface area contributed by atoms with Gasteiger partial charge in [0.15, 0.2) is 0 Å². The van der Waals surface area contributed by atoms with E-state index < -0.39 is 20.8 Å². The Kier molecular flexibility index (Phi) is 53.4. The SMILES string of the molecule is O.O.O.O.O.O=S(=O)([O-])[O-].O=S(=O)([O-])[O-].[Cu+2].[Cu+2].[OH3+].[OH3+].[OH3+].[OH3+].[OH3+].[OH3+].c1ccc2c(c1)nnn2Cn1cncn1.c1ccc2c(c1)nnn2Cn1cncn1. The second-order valence-electron chi connectivity index (χ2n) is 7.12. The van der Waals surface area contributed by atoms with E-state index in [9.17, 15) is 0 Å². The fourth-order valence-electron chi connectivity index (χ4n) is 2.93. The Morgan fingerprint density at radius 2 is 0.774 bits per heavy atom. The normalized spacial score (nSPS) is 8.38. The van der Waals surface area contributed by atoms with Crippen LogP contribution in [0, 0.1) is 0 Å². The van der Waals surface area contributed by atoms with Gasteiger partial charge in [-0.25, -0.2) is 28.7 Å². The minimum absolute atomic E-state index is 0. The number of nitrogens with zero attached hydrogens (tertiary/aromatic N) is 12. The average molecular weight is 924 g/mol. The Hall–Kier alpha value is -4.14. The summed E-state index contributed by atoms with van der Waals surface area (Å²) < 4.78 is 75.1. The van der Waals surface area contributed by atoms with Crippen molar-refractivity contribution in [1.82, 2.24) is 59.5 Å². The molecule has 0 fully saturated rings. The second-order valence-corrected chi connectivity index (χ2v) is 8.76. The first-order valence-corrected chi connectivity index (χ1v) is 13.1. The van der Waals surface area contributed by atoms with Gasteiger partial charge in [-0.15, -0.1) is 10.2 Å². The molecular weight excluding hydrogens is 879 g/mol. The van der Waals surface area contributed by atoms with E-state index in [-0.39, 0.29) is 94.4 Å². The van der Waals surface area contributed by atoms with Gasteiger partial charge in [-0.2, -0.15) is 10.2 Å². The van der Waals surface area contributed by atoms with E-state index in [1.165, 1.54) is 12.7 Å². The van der Waals surface area contributed by atoms with Crippen LogP contribution in [0.3, 0.4) is 0 Å². The van der Waals surface area contributed by atoms with Crippen molar-refractivity contribution in [1.29, 1.82) is 0 Å². The Balaban J connectivity index is -0.0000000495. The Labute approximate surface area is 318 Å². The summed E-state index contributed by atoms with van der Waals surface area (Å²) in [6.07, 6.45) is 6.30. The number of hydrogen-bond acceptors (Lipinski definition) is 16. The third kappa shape index (κ3) is 30.1. The zero-order valence-electron chi connectivity index (χ0n) is 26.4. The van der Waals surface area contributed by atoms with E-state index in [2.05, 4.69) is 40.8 Å². The molecule has 2 radical (unpaired) electrons. The van der Waals surface area contributed by atoms with Gasteiger partial charge in [-0.3, -0.25) is 16.8 Å². The monoisotopic (exact) mass is 922 g/mol. The van der Waals surface area contributed by atoms with Crippen LogP contribution in [0.15, 0.2) is 73.8 Å². The molecule has 2 aromatic carbocycles. The van der Waals surface area contributed by atoms with Crippen LogP contribution in [0.1, 0.15) is 0 Å². The van der Waals surface area contributed by atoms with Crippen LogP contribution in [0.2, 0.25) is 0 Å². The van der Waals surface area contributed by atoms with Crippen molar-refractivity contribution in [2.24, 2.45) is 0 Å². The fraction of sp³-hybridized carbons (Fsp3) is 0.111. The summed E-state index contributed by atoms with van der Waals surface area (Å²) in [4.78, 5) is 7.75. The minimum atomic E-state index is -5.17. The van der Waals surface area contributed by atoms with E-state index >= 15 is 0 Å². The molecule has 0 aliphatic rings. The molecule has 35 heteroatoms. The van der Waals surface area contributed by atoms with Crippen LogP contribution < -0.4 is 0 Å². The topological polar surface area (TPSA) is 639 Å². The molecule has 0 spiro atoms. The third-order valence-electron chi connectivity index (χ3n) is 4.33. The first-order chi connectivity index (χ1) is 18.9. The van der Waals surface area contributed by atoms with Gasteiger partial charge in [0.1, 0.15) is 49.7 Å². The quantitative estimate of drug-likeness (QED) is 0.0686. The summed E-state index contributed by atoms with van der Waals surface area (Å²) in [5.41, 5.74) is 3.76. The summed E-state index contributed by atoms with van der Waals surface area (Å²) in [5.74, 6) is 0.